The molecule has 0 radical (unpaired) electrons. The SMILES string of the molecule is CC=CC=C(C)n1sc2ccccc2c1=O. The van der Waals surface area contributed by atoms with Crippen molar-refractivity contribution in [2.24, 2.45) is 0 Å². The molecule has 82 valence electrons. The van der Waals surface area contributed by atoms with Crippen molar-refractivity contribution in [3.63, 3.8) is 0 Å². The molecule has 0 saturated heterocycles. The van der Waals surface area contributed by atoms with Gasteiger partial charge in [-0.05, 0) is 32.1 Å². The molecule has 1 aromatic heterocycles. The molecule has 2 nitrogen and oxygen atoms in total. The van der Waals surface area contributed by atoms with Crippen LogP contribution in [0, 0.1) is 0 Å². The van der Waals surface area contributed by atoms with Crippen molar-refractivity contribution in [2.45, 2.75) is 13.8 Å². The molecule has 1 aromatic carbocycles. The first-order chi connectivity index (χ1) is 7.74. The lowest BCUT2D eigenvalue weighted by Gasteiger charge is -1.96. The van der Waals surface area contributed by atoms with Gasteiger partial charge in [0.15, 0.2) is 0 Å². The zero-order valence-corrected chi connectivity index (χ0v) is 10.1. The summed E-state index contributed by atoms with van der Waals surface area (Å²) in [6, 6.07) is 7.69. The van der Waals surface area contributed by atoms with Gasteiger partial charge in [0.1, 0.15) is 0 Å². The van der Waals surface area contributed by atoms with E-state index < -0.39 is 0 Å². The molecule has 0 aliphatic carbocycles. The van der Waals surface area contributed by atoms with Crippen LogP contribution in [0.4, 0.5) is 0 Å². The molecule has 0 aliphatic heterocycles. The Balaban J connectivity index is 2.62. The summed E-state index contributed by atoms with van der Waals surface area (Å²) < 4.78 is 2.76. The Morgan fingerprint density at radius 3 is 2.81 bits per heavy atom. The van der Waals surface area contributed by atoms with Gasteiger partial charge in [-0.25, -0.2) is 3.96 Å². The van der Waals surface area contributed by atoms with Crippen LogP contribution in [0.5, 0.6) is 0 Å². The van der Waals surface area contributed by atoms with Crippen molar-refractivity contribution in [2.75, 3.05) is 0 Å². The van der Waals surface area contributed by atoms with E-state index in [0.717, 1.165) is 15.8 Å². The third kappa shape index (κ3) is 1.86. The normalized spacial score (nSPS) is 12.8. The number of hydrogen-bond donors (Lipinski definition) is 0. The van der Waals surface area contributed by atoms with Crippen LogP contribution in [0.25, 0.3) is 15.8 Å². The van der Waals surface area contributed by atoms with Crippen LogP contribution in [0.1, 0.15) is 13.8 Å². The van der Waals surface area contributed by atoms with Gasteiger partial charge in [-0.15, -0.1) is 0 Å². The first-order valence-electron chi connectivity index (χ1n) is 5.15. The van der Waals surface area contributed by atoms with Crippen LogP contribution in [0.3, 0.4) is 0 Å². The molecule has 16 heavy (non-hydrogen) atoms. The highest BCUT2D eigenvalue weighted by Crippen LogP contribution is 2.18. The van der Waals surface area contributed by atoms with Crippen LogP contribution in [0.2, 0.25) is 0 Å². The Hall–Kier alpha value is -1.61. The van der Waals surface area contributed by atoms with Crippen molar-refractivity contribution in [1.82, 2.24) is 3.96 Å². The van der Waals surface area contributed by atoms with E-state index in [2.05, 4.69) is 0 Å². The number of fused-ring (bicyclic) bond motifs is 1. The minimum Gasteiger partial charge on any atom is -0.267 e. The van der Waals surface area contributed by atoms with Crippen LogP contribution in [-0.4, -0.2) is 3.96 Å². The minimum absolute atomic E-state index is 0.0684. The zero-order valence-electron chi connectivity index (χ0n) is 9.31. The maximum Gasteiger partial charge on any atom is 0.272 e. The highest BCUT2D eigenvalue weighted by atomic mass is 32.1. The lowest BCUT2D eigenvalue weighted by Crippen LogP contribution is -2.10. The van der Waals surface area contributed by atoms with Crippen molar-refractivity contribution in [3.8, 4) is 0 Å². The maximum absolute atomic E-state index is 12.0. The molecule has 0 unspecified atom stereocenters. The van der Waals surface area contributed by atoms with Gasteiger partial charge >= 0.3 is 0 Å². The van der Waals surface area contributed by atoms with Gasteiger partial charge in [-0.3, -0.25) is 4.79 Å². The third-order valence-electron chi connectivity index (χ3n) is 2.34. The molecule has 0 aliphatic rings. The summed E-state index contributed by atoms with van der Waals surface area (Å²) in [5, 5.41) is 0.792. The zero-order chi connectivity index (χ0) is 11.5. The van der Waals surface area contributed by atoms with E-state index in [9.17, 15) is 4.79 Å². The van der Waals surface area contributed by atoms with E-state index in [4.69, 9.17) is 0 Å². The number of rotatable bonds is 2. The number of allylic oxidation sites excluding steroid dienone is 4. The summed E-state index contributed by atoms with van der Waals surface area (Å²) in [5.74, 6) is 0. The fraction of sp³-hybridized carbons (Fsp3) is 0.154. The molecule has 0 fully saturated rings. The molecule has 0 bridgehead atoms. The second kappa shape index (κ2) is 4.49. The van der Waals surface area contributed by atoms with E-state index in [0.29, 0.717) is 0 Å². The molecule has 2 rings (SSSR count). The standard InChI is InChI=1S/C13H13NOS/c1-3-4-7-10(2)14-13(15)11-8-5-6-9-12(11)16-14/h3-9H,1-2H3. The fourth-order valence-electron chi connectivity index (χ4n) is 1.51. The van der Waals surface area contributed by atoms with Crippen LogP contribution >= 0.6 is 11.5 Å². The van der Waals surface area contributed by atoms with Gasteiger partial charge in [0, 0.05) is 5.70 Å². The van der Waals surface area contributed by atoms with E-state index in [1.54, 1.807) is 3.96 Å². The summed E-state index contributed by atoms with van der Waals surface area (Å²) in [6.07, 6.45) is 5.82. The Labute approximate surface area is 98.3 Å². The molecule has 0 N–H and O–H groups in total. The Morgan fingerprint density at radius 1 is 1.38 bits per heavy atom. The summed E-state index contributed by atoms with van der Waals surface area (Å²) in [7, 11) is 0. The highest BCUT2D eigenvalue weighted by molar-refractivity contribution is 7.14. The quantitative estimate of drug-likeness (QED) is 0.725. The number of hydrogen-bond acceptors (Lipinski definition) is 2. The Bertz CT molecular complexity index is 616. The van der Waals surface area contributed by atoms with E-state index in [1.165, 1.54) is 11.5 Å². The van der Waals surface area contributed by atoms with Crippen molar-refractivity contribution < 1.29 is 0 Å². The van der Waals surface area contributed by atoms with Crippen molar-refractivity contribution in [3.05, 3.63) is 52.8 Å². The molecule has 1 heterocycles. The first kappa shape index (κ1) is 10.9. The average molecular weight is 231 g/mol. The predicted octanol–water partition coefficient (Wildman–Crippen LogP) is 3.50. The molecule has 0 amide bonds. The van der Waals surface area contributed by atoms with Crippen molar-refractivity contribution >= 4 is 27.3 Å². The van der Waals surface area contributed by atoms with Gasteiger partial charge in [0.2, 0.25) is 0 Å². The third-order valence-corrected chi connectivity index (χ3v) is 3.53. The minimum atomic E-state index is 0.0684. The van der Waals surface area contributed by atoms with E-state index in [1.807, 2.05) is 56.3 Å². The summed E-state index contributed by atoms with van der Waals surface area (Å²) in [6.45, 7) is 3.90. The van der Waals surface area contributed by atoms with Crippen LogP contribution in [-0.2, 0) is 0 Å². The van der Waals surface area contributed by atoms with Crippen LogP contribution in [0.15, 0.2) is 47.3 Å². The Kier molecular flexibility index (Phi) is 3.06. The summed E-state index contributed by atoms with van der Waals surface area (Å²) in [4.78, 5) is 12.0. The topological polar surface area (TPSA) is 22.0 Å². The highest BCUT2D eigenvalue weighted by Gasteiger charge is 2.06. The molecule has 3 heteroatoms. The van der Waals surface area contributed by atoms with Gasteiger partial charge < -0.3 is 0 Å². The van der Waals surface area contributed by atoms with Gasteiger partial charge in [-0.2, -0.15) is 0 Å². The van der Waals surface area contributed by atoms with Crippen molar-refractivity contribution in [1.29, 1.82) is 0 Å². The average Bonchev–Trinajstić information content (AvgIpc) is 2.64. The van der Waals surface area contributed by atoms with E-state index >= 15 is 0 Å². The second-order valence-electron chi connectivity index (χ2n) is 3.52. The summed E-state index contributed by atoms with van der Waals surface area (Å²) in [5.41, 5.74) is 1.02. The molecule has 0 saturated carbocycles. The van der Waals surface area contributed by atoms with Gasteiger partial charge in [0.25, 0.3) is 5.56 Å². The summed E-state index contributed by atoms with van der Waals surface area (Å²) >= 11 is 1.48. The maximum atomic E-state index is 12.0. The van der Waals surface area contributed by atoms with Gasteiger partial charge in [0.05, 0.1) is 10.1 Å². The lowest BCUT2D eigenvalue weighted by atomic mass is 10.3. The van der Waals surface area contributed by atoms with Crippen LogP contribution < -0.4 is 5.56 Å². The number of aromatic nitrogens is 1. The monoisotopic (exact) mass is 231 g/mol. The first-order valence-corrected chi connectivity index (χ1v) is 5.92. The van der Waals surface area contributed by atoms with E-state index in [-0.39, 0.29) is 5.56 Å². The van der Waals surface area contributed by atoms with Gasteiger partial charge in [-0.1, -0.05) is 35.8 Å². The number of benzene rings is 1. The second-order valence-corrected chi connectivity index (χ2v) is 4.51. The number of nitrogens with zero attached hydrogens (tertiary/aromatic N) is 1. The molecule has 0 spiro atoms. The molecular weight excluding hydrogens is 218 g/mol. The fourth-order valence-corrected chi connectivity index (χ4v) is 2.48. The smallest absolute Gasteiger partial charge is 0.267 e. The molecular formula is C13H13NOS. The molecule has 0 atom stereocenters. The Morgan fingerprint density at radius 2 is 2.12 bits per heavy atom. The predicted molar refractivity (Wildman–Crippen MR) is 70.8 cm³/mol. The molecule has 2 aromatic rings. The lowest BCUT2D eigenvalue weighted by molar-refractivity contribution is 1.16. The largest absolute Gasteiger partial charge is 0.272 e.